The van der Waals surface area contributed by atoms with Crippen LogP contribution in [0.1, 0.15) is 0 Å². The lowest BCUT2D eigenvalue weighted by Crippen LogP contribution is -2.04. The fourth-order valence-electron chi connectivity index (χ4n) is 1.43. The van der Waals surface area contributed by atoms with Gasteiger partial charge < -0.3 is 0 Å². The van der Waals surface area contributed by atoms with E-state index in [1.165, 1.54) is 29.1 Å². The molecule has 0 spiro atoms. The van der Waals surface area contributed by atoms with E-state index in [2.05, 4.69) is 25.0 Å². The lowest BCUT2D eigenvalue weighted by atomic mass is 10.4. The fourth-order valence-corrected chi connectivity index (χ4v) is 2.78. The Kier molecular flexibility index (Phi) is 4.25. The molecule has 106 valence electrons. The van der Waals surface area contributed by atoms with Crippen molar-refractivity contribution in [2.75, 3.05) is 0 Å². The molecule has 0 aliphatic heterocycles. The molecule has 1 aromatic carbocycles. The van der Waals surface area contributed by atoms with Gasteiger partial charge in [0.25, 0.3) is 5.95 Å². The molecular formula is C11H5Cl3N6S. The molecule has 0 bridgehead atoms. The zero-order valence-electron chi connectivity index (χ0n) is 10.1. The Labute approximate surface area is 138 Å². The maximum Gasteiger partial charge on any atom is 0.257 e. The summed E-state index contributed by atoms with van der Waals surface area (Å²) in [5.74, 6) is 0.287. The molecule has 0 unspecified atom stereocenters. The second-order valence-corrected chi connectivity index (χ2v) is 5.90. The van der Waals surface area contributed by atoms with E-state index in [1.807, 2.05) is 6.07 Å². The van der Waals surface area contributed by atoms with Crippen LogP contribution >= 0.6 is 46.6 Å². The van der Waals surface area contributed by atoms with Gasteiger partial charge in [-0.25, -0.2) is 4.98 Å². The molecule has 2 heterocycles. The third-order valence-electron chi connectivity index (χ3n) is 2.30. The van der Waals surface area contributed by atoms with Crippen LogP contribution in [0.5, 0.6) is 0 Å². The monoisotopic (exact) mass is 358 g/mol. The topological polar surface area (TPSA) is 69.4 Å². The van der Waals surface area contributed by atoms with E-state index in [0.29, 0.717) is 15.2 Å². The first kappa shape index (κ1) is 14.5. The third kappa shape index (κ3) is 3.44. The molecule has 21 heavy (non-hydrogen) atoms. The maximum atomic E-state index is 5.98. The molecule has 0 amide bonds. The highest BCUT2D eigenvalue weighted by Gasteiger charge is 2.10. The number of benzene rings is 1. The van der Waals surface area contributed by atoms with Gasteiger partial charge in [0.2, 0.25) is 5.28 Å². The van der Waals surface area contributed by atoms with Crippen LogP contribution in [0, 0.1) is 0 Å². The summed E-state index contributed by atoms with van der Waals surface area (Å²) >= 11 is 19.0. The van der Waals surface area contributed by atoms with Crippen LogP contribution in [-0.2, 0) is 0 Å². The molecule has 0 atom stereocenters. The van der Waals surface area contributed by atoms with Crippen molar-refractivity contribution in [2.24, 2.45) is 0 Å². The lowest BCUT2D eigenvalue weighted by Gasteiger charge is -2.04. The van der Waals surface area contributed by atoms with Gasteiger partial charge in [0.05, 0.1) is 10.0 Å². The molecule has 0 saturated carbocycles. The highest BCUT2D eigenvalue weighted by molar-refractivity contribution is 7.99. The van der Waals surface area contributed by atoms with Crippen LogP contribution in [0.3, 0.4) is 0 Å². The summed E-state index contributed by atoms with van der Waals surface area (Å²) in [6.07, 6.45) is 2.85. The van der Waals surface area contributed by atoms with Crippen molar-refractivity contribution in [3.8, 4) is 5.95 Å². The van der Waals surface area contributed by atoms with Gasteiger partial charge in [0.15, 0.2) is 5.16 Å². The fraction of sp³-hybridized carbons (Fsp3) is 0. The summed E-state index contributed by atoms with van der Waals surface area (Å²) in [6, 6.07) is 5.24. The van der Waals surface area contributed by atoms with E-state index >= 15 is 0 Å². The van der Waals surface area contributed by atoms with Crippen LogP contribution in [0.25, 0.3) is 5.95 Å². The van der Waals surface area contributed by atoms with E-state index in [9.17, 15) is 0 Å². The Morgan fingerprint density at radius 1 is 1.00 bits per heavy atom. The van der Waals surface area contributed by atoms with Crippen molar-refractivity contribution in [3.63, 3.8) is 0 Å². The minimum absolute atomic E-state index is 0.0676. The number of halogens is 3. The Hall–Kier alpha value is -1.41. The molecule has 0 aliphatic carbocycles. The van der Waals surface area contributed by atoms with Crippen molar-refractivity contribution in [1.82, 2.24) is 29.7 Å². The molecule has 0 saturated heterocycles. The third-order valence-corrected chi connectivity index (χ3v) is 4.06. The summed E-state index contributed by atoms with van der Waals surface area (Å²) in [7, 11) is 0. The van der Waals surface area contributed by atoms with E-state index in [-0.39, 0.29) is 11.2 Å². The average Bonchev–Trinajstić information content (AvgIpc) is 2.96. The average molecular weight is 360 g/mol. The van der Waals surface area contributed by atoms with Crippen molar-refractivity contribution in [1.29, 1.82) is 0 Å². The van der Waals surface area contributed by atoms with Crippen molar-refractivity contribution < 1.29 is 0 Å². The molecule has 10 heteroatoms. The number of nitrogens with zero attached hydrogens (tertiary/aromatic N) is 6. The number of aromatic nitrogens is 6. The minimum Gasteiger partial charge on any atom is -0.223 e. The standard InChI is InChI=1S/C11H5Cl3N6S/c12-7-2-1-6(3-8(7)13)21-11-18-9(14)17-10(19-11)20-5-15-4-16-20/h1-5H. The van der Waals surface area contributed by atoms with E-state index in [1.54, 1.807) is 12.1 Å². The Morgan fingerprint density at radius 2 is 1.86 bits per heavy atom. The second kappa shape index (κ2) is 6.15. The lowest BCUT2D eigenvalue weighted by molar-refractivity contribution is 0.757. The summed E-state index contributed by atoms with van der Waals surface area (Å²) in [5.41, 5.74) is 0. The number of hydrogen-bond donors (Lipinski definition) is 0. The van der Waals surface area contributed by atoms with Crippen LogP contribution < -0.4 is 0 Å². The van der Waals surface area contributed by atoms with Crippen LogP contribution in [0.2, 0.25) is 15.3 Å². The SMILES string of the molecule is Clc1nc(Sc2ccc(Cl)c(Cl)c2)nc(-n2cncn2)n1. The highest BCUT2D eigenvalue weighted by atomic mass is 35.5. The normalized spacial score (nSPS) is 10.8. The van der Waals surface area contributed by atoms with Crippen LogP contribution in [0.4, 0.5) is 0 Å². The predicted octanol–water partition coefficient (Wildman–Crippen LogP) is 3.56. The van der Waals surface area contributed by atoms with Gasteiger partial charge in [-0.15, -0.1) is 0 Å². The summed E-state index contributed by atoms with van der Waals surface area (Å²) in [4.78, 5) is 17.0. The highest BCUT2D eigenvalue weighted by Crippen LogP contribution is 2.31. The van der Waals surface area contributed by atoms with Crippen molar-refractivity contribution in [2.45, 2.75) is 10.1 Å². The van der Waals surface area contributed by atoms with Gasteiger partial charge in [-0.1, -0.05) is 23.2 Å². The van der Waals surface area contributed by atoms with E-state index in [4.69, 9.17) is 34.8 Å². The van der Waals surface area contributed by atoms with Crippen LogP contribution in [-0.4, -0.2) is 29.7 Å². The van der Waals surface area contributed by atoms with E-state index < -0.39 is 0 Å². The summed E-state index contributed by atoms with van der Waals surface area (Å²) in [5, 5.41) is 5.37. The first-order chi connectivity index (χ1) is 10.1. The first-order valence-electron chi connectivity index (χ1n) is 5.51. The van der Waals surface area contributed by atoms with E-state index in [0.717, 1.165) is 4.90 Å². The largest absolute Gasteiger partial charge is 0.257 e. The molecule has 0 N–H and O–H groups in total. The molecular weight excluding hydrogens is 355 g/mol. The summed E-state index contributed by atoms with van der Waals surface area (Å²) < 4.78 is 1.40. The van der Waals surface area contributed by atoms with Gasteiger partial charge in [0, 0.05) is 4.90 Å². The maximum absolute atomic E-state index is 5.98. The van der Waals surface area contributed by atoms with Gasteiger partial charge in [-0.05, 0) is 41.6 Å². The molecule has 0 aliphatic rings. The smallest absolute Gasteiger partial charge is 0.223 e. The van der Waals surface area contributed by atoms with Gasteiger partial charge >= 0.3 is 0 Å². The minimum atomic E-state index is 0.0676. The number of hydrogen-bond acceptors (Lipinski definition) is 6. The molecule has 0 radical (unpaired) electrons. The van der Waals surface area contributed by atoms with Crippen molar-refractivity contribution >= 4 is 46.6 Å². The predicted molar refractivity (Wildman–Crippen MR) is 80.3 cm³/mol. The Morgan fingerprint density at radius 3 is 2.57 bits per heavy atom. The molecule has 0 fully saturated rings. The second-order valence-electron chi connectivity index (χ2n) is 3.71. The van der Waals surface area contributed by atoms with Gasteiger partial charge in [0.1, 0.15) is 12.7 Å². The van der Waals surface area contributed by atoms with Crippen LogP contribution in [0.15, 0.2) is 40.9 Å². The first-order valence-corrected chi connectivity index (χ1v) is 7.46. The van der Waals surface area contributed by atoms with Gasteiger partial charge in [-0.2, -0.15) is 24.7 Å². The number of rotatable bonds is 3. The summed E-state index contributed by atoms with van der Waals surface area (Å²) in [6.45, 7) is 0. The molecule has 3 rings (SSSR count). The molecule has 3 aromatic rings. The Bertz CT molecular complexity index is 780. The Balaban J connectivity index is 1.93. The zero-order valence-corrected chi connectivity index (χ0v) is 13.2. The molecule has 2 aromatic heterocycles. The van der Waals surface area contributed by atoms with Crippen molar-refractivity contribution in [3.05, 3.63) is 46.2 Å². The quantitative estimate of drug-likeness (QED) is 0.712. The van der Waals surface area contributed by atoms with Gasteiger partial charge in [-0.3, -0.25) is 0 Å². The molecule has 6 nitrogen and oxygen atoms in total. The zero-order chi connectivity index (χ0) is 14.8.